The van der Waals surface area contributed by atoms with Crippen LogP contribution in [0.15, 0.2) is 91.0 Å². The molecule has 1 aliphatic rings. The molecule has 0 radical (unpaired) electrons. The number of aromatic hydroxyl groups is 1. The van der Waals surface area contributed by atoms with E-state index in [0.717, 1.165) is 65.5 Å². The summed E-state index contributed by atoms with van der Waals surface area (Å²) in [6, 6.07) is 30.3. The third-order valence-electron chi connectivity index (χ3n) is 7.17. The third kappa shape index (κ3) is 6.08. The Kier molecular flexibility index (Phi) is 7.65. The molecule has 5 rings (SSSR count). The normalized spacial score (nSPS) is 13.9. The first-order valence-corrected chi connectivity index (χ1v) is 13.1. The third-order valence-corrected chi connectivity index (χ3v) is 7.17. The van der Waals surface area contributed by atoms with E-state index in [0.29, 0.717) is 24.5 Å². The van der Waals surface area contributed by atoms with Crippen LogP contribution < -0.4 is 14.4 Å². The standard InChI is InChI=1S/C33H35NO3/c1-24-15-17-34(18-16-24)29-20-30(35)33(32(21-29)37-23-27-11-7-4-8-12-27)28-14-13-25(2)31(19-28)36-22-26-9-5-3-6-10-26/h3-14,19-21,24,35H,15-18,22-23H2,1-2H3. The number of nitrogens with zero attached hydrogens (tertiary/aromatic N) is 1. The van der Waals surface area contributed by atoms with Gasteiger partial charge in [0.15, 0.2) is 0 Å². The highest BCUT2D eigenvalue weighted by Gasteiger charge is 2.21. The van der Waals surface area contributed by atoms with Crippen molar-refractivity contribution in [1.29, 1.82) is 0 Å². The van der Waals surface area contributed by atoms with Gasteiger partial charge in [0.25, 0.3) is 0 Å². The molecule has 4 aromatic carbocycles. The lowest BCUT2D eigenvalue weighted by atomic mass is 9.97. The van der Waals surface area contributed by atoms with E-state index in [1.165, 1.54) is 0 Å². The predicted molar refractivity (Wildman–Crippen MR) is 150 cm³/mol. The van der Waals surface area contributed by atoms with Gasteiger partial charge in [-0.1, -0.05) is 79.7 Å². The van der Waals surface area contributed by atoms with Crippen LogP contribution in [0.4, 0.5) is 5.69 Å². The van der Waals surface area contributed by atoms with E-state index in [2.05, 4.69) is 42.2 Å². The fourth-order valence-electron chi connectivity index (χ4n) is 4.82. The zero-order valence-corrected chi connectivity index (χ0v) is 21.7. The highest BCUT2D eigenvalue weighted by molar-refractivity contribution is 5.81. The number of hydrogen-bond donors (Lipinski definition) is 1. The van der Waals surface area contributed by atoms with Crippen LogP contribution in [0.5, 0.6) is 17.2 Å². The van der Waals surface area contributed by atoms with Gasteiger partial charge in [-0.25, -0.2) is 0 Å². The van der Waals surface area contributed by atoms with Crippen molar-refractivity contribution in [2.24, 2.45) is 5.92 Å². The van der Waals surface area contributed by atoms with E-state index < -0.39 is 0 Å². The number of rotatable bonds is 8. The highest BCUT2D eigenvalue weighted by Crippen LogP contribution is 2.43. The molecular formula is C33H35NO3. The minimum Gasteiger partial charge on any atom is -0.507 e. The minimum atomic E-state index is 0.219. The number of phenols is 1. The molecule has 4 nitrogen and oxygen atoms in total. The molecule has 0 bridgehead atoms. The Morgan fingerprint density at radius 2 is 1.35 bits per heavy atom. The average molecular weight is 494 g/mol. The lowest BCUT2D eigenvalue weighted by molar-refractivity contribution is 0.303. The maximum Gasteiger partial charge on any atom is 0.133 e. The molecule has 0 spiro atoms. The lowest BCUT2D eigenvalue weighted by Crippen LogP contribution is -2.32. The van der Waals surface area contributed by atoms with Crippen molar-refractivity contribution >= 4 is 5.69 Å². The molecule has 0 aliphatic carbocycles. The maximum atomic E-state index is 11.3. The maximum absolute atomic E-state index is 11.3. The largest absolute Gasteiger partial charge is 0.507 e. The van der Waals surface area contributed by atoms with Crippen LogP contribution in [-0.2, 0) is 13.2 Å². The first-order valence-electron chi connectivity index (χ1n) is 13.1. The number of benzene rings is 4. The molecular weight excluding hydrogens is 458 g/mol. The second-order valence-electron chi connectivity index (χ2n) is 10.0. The minimum absolute atomic E-state index is 0.219. The predicted octanol–water partition coefficient (Wildman–Crippen LogP) is 7.76. The Morgan fingerprint density at radius 3 is 1.97 bits per heavy atom. The van der Waals surface area contributed by atoms with Gasteiger partial charge in [-0.05, 0) is 54.0 Å². The van der Waals surface area contributed by atoms with Crippen LogP contribution in [-0.4, -0.2) is 18.2 Å². The van der Waals surface area contributed by atoms with Crippen LogP contribution in [0.2, 0.25) is 0 Å². The van der Waals surface area contributed by atoms with Gasteiger partial charge < -0.3 is 19.5 Å². The smallest absolute Gasteiger partial charge is 0.133 e. The van der Waals surface area contributed by atoms with Gasteiger partial charge in [-0.2, -0.15) is 0 Å². The Labute approximate surface area is 220 Å². The van der Waals surface area contributed by atoms with Crippen LogP contribution in [0.25, 0.3) is 11.1 Å². The molecule has 4 heteroatoms. The Morgan fingerprint density at radius 1 is 0.757 bits per heavy atom. The summed E-state index contributed by atoms with van der Waals surface area (Å²) in [5, 5.41) is 11.3. The summed E-state index contributed by atoms with van der Waals surface area (Å²) in [6.45, 7) is 7.23. The zero-order chi connectivity index (χ0) is 25.6. The SMILES string of the molecule is Cc1ccc(-c2c(O)cc(N3CCC(C)CC3)cc2OCc2ccccc2)cc1OCc1ccccc1. The number of ether oxygens (including phenoxy) is 2. The fourth-order valence-corrected chi connectivity index (χ4v) is 4.82. The van der Waals surface area contributed by atoms with Crippen LogP contribution in [0, 0.1) is 12.8 Å². The molecule has 0 saturated carbocycles. The molecule has 37 heavy (non-hydrogen) atoms. The van der Waals surface area contributed by atoms with Crippen molar-refractivity contribution in [3.8, 4) is 28.4 Å². The van der Waals surface area contributed by atoms with Crippen molar-refractivity contribution in [3.63, 3.8) is 0 Å². The molecule has 1 aliphatic heterocycles. The molecule has 0 amide bonds. The number of anilines is 1. The van der Waals surface area contributed by atoms with Crippen molar-refractivity contribution in [3.05, 3.63) is 108 Å². The summed E-state index contributed by atoms with van der Waals surface area (Å²) in [5.74, 6) is 2.43. The average Bonchev–Trinajstić information content (AvgIpc) is 2.93. The summed E-state index contributed by atoms with van der Waals surface area (Å²) in [7, 11) is 0. The Balaban J connectivity index is 1.48. The van der Waals surface area contributed by atoms with E-state index in [1.807, 2.05) is 67.6 Å². The molecule has 0 atom stereocenters. The summed E-state index contributed by atoms with van der Waals surface area (Å²) < 4.78 is 12.6. The van der Waals surface area contributed by atoms with Gasteiger partial charge in [0.1, 0.15) is 30.5 Å². The van der Waals surface area contributed by atoms with Gasteiger partial charge >= 0.3 is 0 Å². The molecule has 1 saturated heterocycles. The van der Waals surface area contributed by atoms with Crippen LogP contribution >= 0.6 is 0 Å². The molecule has 4 aromatic rings. The van der Waals surface area contributed by atoms with Gasteiger partial charge in [-0.3, -0.25) is 0 Å². The summed E-state index contributed by atoms with van der Waals surface area (Å²) >= 11 is 0. The highest BCUT2D eigenvalue weighted by atomic mass is 16.5. The summed E-state index contributed by atoms with van der Waals surface area (Å²) in [4.78, 5) is 2.35. The van der Waals surface area contributed by atoms with Crippen molar-refractivity contribution in [2.45, 2.75) is 39.9 Å². The number of aryl methyl sites for hydroxylation is 1. The number of piperidine rings is 1. The number of hydrogen-bond acceptors (Lipinski definition) is 4. The zero-order valence-electron chi connectivity index (χ0n) is 21.7. The molecule has 0 aromatic heterocycles. The van der Waals surface area contributed by atoms with E-state index in [9.17, 15) is 5.11 Å². The topological polar surface area (TPSA) is 41.9 Å². The first kappa shape index (κ1) is 24.8. The molecule has 1 heterocycles. The molecule has 190 valence electrons. The monoisotopic (exact) mass is 493 g/mol. The lowest BCUT2D eigenvalue weighted by Gasteiger charge is -2.32. The first-order chi connectivity index (χ1) is 18.1. The quantitative estimate of drug-likeness (QED) is 0.272. The Bertz CT molecular complexity index is 1310. The fraction of sp³-hybridized carbons (Fsp3) is 0.273. The van der Waals surface area contributed by atoms with E-state index in [1.54, 1.807) is 0 Å². The van der Waals surface area contributed by atoms with E-state index in [4.69, 9.17) is 9.47 Å². The van der Waals surface area contributed by atoms with Gasteiger partial charge in [-0.15, -0.1) is 0 Å². The van der Waals surface area contributed by atoms with Gasteiger partial charge in [0, 0.05) is 30.9 Å². The molecule has 1 N–H and O–H groups in total. The van der Waals surface area contributed by atoms with E-state index in [-0.39, 0.29) is 5.75 Å². The molecule has 0 unspecified atom stereocenters. The Hall–Kier alpha value is -3.92. The molecule has 1 fully saturated rings. The number of phenolic OH excluding ortho intramolecular Hbond substituents is 1. The van der Waals surface area contributed by atoms with Crippen LogP contribution in [0.3, 0.4) is 0 Å². The van der Waals surface area contributed by atoms with Crippen LogP contribution in [0.1, 0.15) is 36.5 Å². The van der Waals surface area contributed by atoms with Gasteiger partial charge in [0.2, 0.25) is 0 Å². The second kappa shape index (κ2) is 11.4. The summed E-state index contributed by atoms with van der Waals surface area (Å²) in [6.07, 6.45) is 2.31. The van der Waals surface area contributed by atoms with Crippen molar-refractivity contribution < 1.29 is 14.6 Å². The second-order valence-corrected chi connectivity index (χ2v) is 10.0. The summed E-state index contributed by atoms with van der Waals surface area (Å²) in [5.41, 5.74) is 5.81. The van der Waals surface area contributed by atoms with Crippen molar-refractivity contribution in [2.75, 3.05) is 18.0 Å². The van der Waals surface area contributed by atoms with E-state index >= 15 is 0 Å². The van der Waals surface area contributed by atoms with Crippen molar-refractivity contribution in [1.82, 2.24) is 0 Å². The van der Waals surface area contributed by atoms with Gasteiger partial charge in [0.05, 0.1) is 5.56 Å².